The molecule has 1 N–H and O–H groups in total. The van der Waals surface area contributed by atoms with Crippen LogP contribution >= 0.6 is 11.6 Å². The molecule has 0 aliphatic rings. The molecule has 0 saturated heterocycles. The first-order valence-corrected chi connectivity index (χ1v) is 7.45. The maximum atomic E-state index is 12.3. The lowest BCUT2D eigenvalue weighted by Crippen LogP contribution is -2.37. The van der Waals surface area contributed by atoms with Gasteiger partial charge in [-0.3, -0.25) is 9.59 Å². The van der Waals surface area contributed by atoms with Gasteiger partial charge in [0.05, 0.1) is 5.41 Å². The zero-order valence-corrected chi connectivity index (χ0v) is 13.5. The molecule has 0 saturated carbocycles. The van der Waals surface area contributed by atoms with Crippen molar-refractivity contribution in [3.8, 4) is 0 Å². The van der Waals surface area contributed by atoms with Crippen LogP contribution in [0.1, 0.15) is 38.7 Å². The van der Waals surface area contributed by atoms with Crippen molar-refractivity contribution >= 4 is 23.5 Å². The van der Waals surface area contributed by atoms with Crippen LogP contribution in [-0.4, -0.2) is 28.9 Å². The highest BCUT2D eigenvalue weighted by molar-refractivity contribution is 6.31. The van der Waals surface area contributed by atoms with Crippen molar-refractivity contribution in [2.24, 2.45) is 5.41 Å². The normalized spacial score (nSPS) is 11.2. The molecule has 0 radical (unpaired) electrons. The van der Waals surface area contributed by atoms with Crippen molar-refractivity contribution in [3.05, 3.63) is 34.9 Å². The standard InChI is InChI=1S/C16H22ClNO3/c1-4-16(5-2,15(20)21)10-14(19)18(3)11-12-8-6-7-9-13(12)17/h6-9H,4-5,10-11H2,1-3H3,(H,20,21). The van der Waals surface area contributed by atoms with Gasteiger partial charge >= 0.3 is 5.97 Å². The van der Waals surface area contributed by atoms with Crippen LogP contribution in [0.15, 0.2) is 24.3 Å². The van der Waals surface area contributed by atoms with E-state index in [0.717, 1.165) is 5.56 Å². The third kappa shape index (κ3) is 4.21. The van der Waals surface area contributed by atoms with Gasteiger partial charge in [-0.05, 0) is 24.5 Å². The van der Waals surface area contributed by atoms with Crippen molar-refractivity contribution < 1.29 is 14.7 Å². The Morgan fingerprint density at radius 3 is 2.29 bits per heavy atom. The van der Waals surface area contributed by atoms with Crippen LogP contribution in [0.25, 0.3) is 0 Å². The van der Waals surface area contributed by atoms with Gasteiger partial charge in [-0.1, -0.05) is 43.6 Å². The number of hydrogen-bond donors (Lipinski definition) is 1. The summed E-state index contributed by atoms with van der Waals surface area (Å²) in [5.41, 5.74) is -0.129. The summed E-state index contributed by atoms with van der Waals surface area (Å²) in [6, 6.07) is 7.32. The Kier molecular flexibility index (Phi) is 6.21. The third-order valence-corrected chi connectivity index (χ3v) is 4.46. The number of carboxylic acids is 1. The van der Waals surface area contributed by atoms with Gasteiger partial charge in [-0.25, -0.2) is 0 Å². The smallest absolute Gasteiger partial charge is 0.310 e. The van der Waals surface area contributed by atoms with Crippen LogP contribution in [-0.2, 0) is 16.1 Å². The number of aliphatic carboxylic acids is 1. The summed E-state index contributed by atoms with van der Waals surface area (Å²) in [6.07, 6.45) is 0.880. The van der Waals surface area contributed by atoms with Gasteiger partial charge in [0, 0.05) is 25.0 Å². The molecule has 116 valence electrons. The zero-order valence-electron chi connectivity index (χ0n) is 12.7. The van der Waals surface area contributed by atoms with Gasteiger partial charge in [-0.15, -0.1) is 0 Å². The topological polar surface area (TPSA) is 57.6 Å². The molecule has 0 bridgehead atoms. The first-order valence-electron chi connectivity index (χ1n) is 7.07. The quantitative estimate of drug-likeness (QED) is 0.837. The Labute approximate surface area is 130 Å². The lowest BCUT2D eigenvalue weighted by Gasteiger charge is -2.28. The number of hydrogen-bond acceptors (Lipinski definition) is 2. The average molecular weight is 312 g/mol. The van der Waals surface area contributed by atoms with E-state index in [4.69, 9.17) is 11.6 Å². The number of halogens is 1. The number of rotatable bonds is 7. The van der Waals surface area contributed by atoms with E-state index < -0.39 is 11.4 Å². The maximum Gasteiger partial charge on any atom is 0.310 e. The fourth-order valence-electron chi connectivity index (χ4n) is 2.27. The van der Waals surface area contributed by atoms with Crippen LogP contribution in [0.3, 0.4) is 0 Å². The highest BCUT2D eigenvalue weighted by Gasteiger charge is 2.37. The summed E-state index contributed by atoms with van der Waals surface area (Å²) in [4.78, 5) is 25.3. The van der Waals surface area contributed by atoms with Crippen LogP contribution in [0.4, 0.5) is 0 Å². The Morgan fingerprint density at radius 2 is 1.81 bits per heavy atom. The number of nitrogens with zero attached hydrogens (tertiary/aromatic N) is 1. The van der Waals surface area contributed by atoms with E-state index in [0.29, 0.717) is 24.4 Å². The van der Waals surface area contributed by atoms with E-state index in [1.54, 1.807) is 27.0 Å². The minimum atomic E-state index is -0.980. The van der Waals surface area contributed by atoms with Crippen molar-refractivity contribution in [2.75, 3.05) is 7.05 Å². The fraction of sp³-hybridized carbons (Fsp3) is 0.500. The number of carbonyl (C=O) groups excluding carboxylic acids is 1. The van der Waals surface area contributed by atoms with Gasteiger partial charge < -0.3 is 10.0 Å². The van der Waals surface area contributed by atoms with Crippen molar-refractivity contribution in [3.63, 3.8) is 0 Å². The fourth-order valence-corrected chi connectivity index (χ4v) is 2.47. The zero-order chi connectivity index (χ0) is 16.0. The summed E-state index contributed by atoms with van der Waals surface area (Å²) in [5, 5.41) is 10.0. The largest absolute Gasteiger partial charge is 0.481 e. The number of benzene rings is 1. The van der Waals surface area contributed by atoms with Gasteiger partial charge in [0.1, 0.15) is 0 Å². The van der Waals surface area contributed by atoms with Crippen LogP contribution < -0.4 is 0 Å². The molecular weight excluding hydrogens is 290 g/mol. The highest BCUT2D eigenvalue weighted by atomic mass is 35.5. The molecule has 1 rings (SSSR count). The van der Waals surface area contributed by atoms with E-state index in [1.807, 2.05) is 18.2 Å². The van der Waals surface area contributed by atoms with E-state index in [1.165, 1.54) is 4.90 Å². The summed E-state index contributed by atoms with van der Waals surface area (Å²) >= 11 is 6.08. The Balaban J connectivity index is 2.79. The number of amides is 1. The molecule has 0 heterocycles. The summed E-state index contributed by atoms with van der Waals surface area (Å²) in [5.74, 6) is -1.09. The van der Waals surface area contributed by atoms with Gasteiger partial charge in [0.25, 0.3) is 0 Å². The van der Waals surface area contributed by atoms with Gasteiger partial charge in [0.2, 0.25) is 5.91 Å². The van der Waals surface area contributed by atoms with Crippen LogP contribution in [0.5, 0.6) is 0 Å². The first-order chi connectivity index (χ1) is 9.86. The second-order valence-electron chi connectivity index (χ2n) is 5.31. The van der Waals surface area contributed by atoms with Crippen molar-refractivity contribution in [1.29, 1.82) is 0 Å². The summed E-state index contributed by atoms with van der Waals surface area (Å²) < 4.78 is 0. The predicted molar refractivity (Wildman–Crippen MR) is 83.2 cm³/mol. The van der Waals surface area contributed by atoms with E-state index >= 15 is 0 Å². The summed E-state index contributed by atoms with van der Waals surface area (Å²) in [6.45, 7) is 3.99. The molecule has 0 spiro atoms. The molecule has 4 nitrogen and oxygen atoms in total. The van der Waals surface area contributed by atoms with Gasteiger partial charge in [-0.2, -0.15) is 0 Å². The monoisotopic (exact) mass is 311 g/mol. The molecule has 21 heavy (non-hydrogen) atoms. The Bertz CT molecular complexity index is 512. The van der Waals surface area contributed by atoms with Crippen molar-refractivity contribution in [1.82, 2.24) is 4.90 Å². The Morgan fingerprint density at radius 1 is 1.24 bits per heavy atom. The minimum absolute atomic E-state index is 0.0102. The average Bonchev–Trinajstić information content (AvgIpc) is 2.46. The molecule has 0 aromatic heterocycles. The molecule has 0 aliphatic carbocycles. The van der Waals surface area contributed by atoms with Crippen LogP contribution in [0.2, 0.25) is 5.02 Å². The maximum absolute atomic E-state index is 12.3. The number of carbonyl (C=O) groups is 2. The van der Waals surface area contributed by atoms with E-state index in [9.17, 15) is 14.7 Å². The van der Waals surface area contributed by atoms with Crippen LogP contribution in [0, 0.1) is 5.41 Å². The molecule has 1 amide bonds. The predicted octanol–water partition coefficient (Wildman–Crippen LogP) is 3.58. The molecule has 0 aliphatic heterocycles. The van der Waals surface area contributed by atoms with Crippen molar-refractivity contribution in [2.45, 2.75) is 39.7 Å². The molecule has 0 fully saturated rings. The summed E-state index contributed by atoms with van der Waals surface area (Å²) in [7, 11) is 1.67. The molecule has 1 aromatic rings. The molecule has 0 atom stereocenters. The highest BCUT2D eigenvalue weighted by Crippen LogP contribution is 2.32. The van der Waals surface area contributed by atoms with E-state index in [-0.39, 0.29) is 12.3 Å². The molecular formula is C16H22ClNO3. The SMILES string of the molecule is CCC(CC)(CC(=O)N(C)Cc1ccccc1Cl)C(=O)O. The lowest BCUT2D eigenvalue weighted by molar-refractivity contribution is -0.154. The lowest BCUT2D eigenvalue weighted by atomic mass is 9.79. The first kappa shape index (κ1) is 17.5. The minimum Gasteiger partial charge on any atom is -0.481 e. The second-order valence-corrected chi connectivity index (χ2v) is 5.72. The molecule has 5 heteroatoms. The Hall–Kier alpha value is -1.55. The van der Waals surface area contributed by atoms with E-state index in [2.05, 4.69) is 0 Å². The number of carboxylic acid groups (broad SMARTS) is 1. The third-order valence-electron chi connectivity index (χ3n) is 4.09. The molecule has 0 unspecified atom stereocenters. The van der Waals surface area contributed by atoms with Gasteiger partial charge in [0.15, 0.2) is 0 Å². The second kappa shape index (κ2) is 7.46. The molecule has 1 aromatic carbocycles.